The molecule has 0 aliphatic heterocycles. The number of anilines is 1. The van der Waals surface area contributed by atoms with Crippen LogP contribution in [0, 0.1) is 6.92 Å². The number of carbonyl (C=O) groups is 1. The van der Waals surface area contributed by atoms with Crippen LogP contribution in [-0.2, 0) is 6.42 Å². The molecule has 2 aromatic heterocycles. The largest absolute Gasteiger partial charge is 0.339 e. The van der Waals surface area contributed by atoms with Gasteiger partial charge in [0.05, 0.1) is 17.6 Å². The maximum atomic E-state index is 12.4. The molecule has 6 nitrogen and oxygen atoms in total. The summed E-state index contributed by atoms with van der Waals surface area (Å²) >= 11 is 1.34. The van der Waals surface area contributed by atoms with E-state index in [0.29, 0.717) is 23.1 Å². The molecule has 2 heterocycles. The highest BCUT2D eigenvalue weighted by atomic mass is 32.1. The molecule has 1 aliphatic rings. The summed E-state index contributed by atoms with van der Waals surface area (Å²) in [5, 5.41) is 6.99. The molecule has 3 aromatic rings. The van der Waals surface area contributed by atoms with Crippen molar-refractivity contribution in [1.29, 1.82) is 0 Å². The third-order valence-corrected chi connectivity index (χ3v) is 4.91. The number of para-hydroxylation sites is 1. The van der Waals surface area contributed by atoms with Crippen LogP contribution in [-0.4, -0.2) is 21.0 Å². The molecule has 7 heteroatoms. The van der Waals surface area contributed by atoms with Gasteiger partial charge in [-0.3, -0.25) is 4.79 Å². The number of nitrogens with one attached hydrogen (secondary N) is 1. The van der Waals surface area contributed by atoms with E-state index in [-0.39, 0.29) is 5.91 Å². The Kier molecular flexibility index (Phi) is 3.86. The van der Waals surface area contributed by atoms with Crippen molar-refractivity contribution in [3.63, 3.8) is 0 Å². The first-order chi connectivity index (χ1) is 11.7. The lowest BCUT2D eigenvalue weighted by atomic mass is 10.1. The third-order valence-electron chi connectivity index (χ3n) is 3.99. The molecule has 1 amide bonds. The number of rotatable bonds is 5. The minimum Gasteiger partial charge on any atom is -0.339 e. The van der Waals surface area contributed by atoms with Crippen LogP contribution in [0.1, 0.15) is 51.4 Å². The molecular formula is C17H16N4O2S. The topological polar surface area (TPSA) is 80.9 Å². The Morgan fingerprint density at radius 2 is 2.21 bits per heavy atom. The zero-order valence-electron chi connectivity index (χ0n) is 13.2. The predicted molar refractivity (Wildman–Crippen MR) is 90.3 cm³/mol. The quantitative estimate of drug-likeness (QED) is 0.768. The highest BCUT2D eigenvalue weighted by Crippen LogP contribution is 2.38. The molecule has 0 saturated heterocycles. The first-order valence-corrected chi connectivity index (χ1v) is 8.70. The van der Waals surface area contributed by atoms with Gasteiger partial charge in [-0.25, -0.2) is 4.98 Å². The molecule has 1 fully saturated rings. The highest BCUT2D eigenvalue weighted by molar-refractivity contribution is 7.12. The van der Waals surface area contributed by atoms with Crippen LogP contribution in [0.2, 0.25) is 0 Å². The average Bonchev–Trinajstić information content (AvgIpc) is 3.17. The lowest BCUT2D eigenvalue weighted by Gasteiger charge is -2.09. The first kappa shape index (κ1) is 15.0. The summed E-state index contributed by atoms with van der Waals surface area (Å²) in [6.45, 7) is 1.83. The zero-order valence-corrected chi connectivity index (χ0v) is 14.0. The Balaban J connectivity index is 1.53. The van der Waals surface area contributed by atoms with E-state index in [0.717, 1.165) is 35.6 Å². The van der Waals surface area contributed by atoms with Gasteiger partial charge in [0.1, 0.15) is 4.88 Å². The number of amides is 1. The number of thiazole rings is 1. The monoisotopic (exact) mass is 340 g/mol. The van der Waals surface area contributed by atoms with E-state index in [1.165, 1.54) is 11.3 Å². The minimum absolute atomic E-state index is 0.147. The Bertz CT molecular complexity index is 882. The fraction of sp³-hybridized carbons (Fsp3) is 0.294. The van der Waals surface area contributed by atoms with Crippen molar-refractivity contribution >= 4 is 22.9 Å². The van der Waals surface area contributed by atoms with Crippen molar-refractivity contribution in [3.05, 3.63) is 57.6 Å². The summed E-state index contributed by atoms with van der Waals surface area (Å²) in [6, 6.07) is 7.65. The molecule has 0 radical (unpaired) electrons. The van der Waals surface area contributed by atoms with E-state index in [1.807, 2.05) is 31.2 Å². The number of benzene rings is 1. The Labute approximate surface area is 142 Å². The third kappa shape index (κ3) is 3.07. The van der Waals surface area contributed by atoms with E-state index in [4.69, 9.17) is 4.52 Å². The first-order valence-electron chi connectivity index (χ1n) is 7.82. The smallest absolute Gasteiger partial charge is 0.267 e. The molecule has 0 spiro atoms. The number of nitrogens with zero attached hydrogens (tertiary/aromatic N) is 3. The number of carbonyl (C=O) groups excluding carboxylic acids is 1. The highest BCUT2D eigenvalue weighted by Gasteiger charge is 2.28. The summed E-state index contributed by atoms with van der Waals surface area (Å²) in [5.74, 6) is 1.69. The van der Waals surface area contributed by atoms with Gasteiger partial charge in [0, 0.05) is 11.6 Å². The maximum absolute atomic E-state index is 12.4. The van der Waals surface area contributed by atoms with Crippen molar-refractivity contribution in [3.8, 4) is 0 Å². The maximum Gasteiger partial charge on any atom is 0.267 e. The van der Waals surface area contributed by atoms with Crippen LogP contribution in [0.3, 0.4) is 0 Å². The number of aromatic nitrogens is 3. The average molecular weight is 340 g/mol. The zero-order chi connectivity index (χ0) is 16.5. The second-order valence-corrected chi connectivity index (χ2v) is 6.73. The molecule has 1 aromatic carbocycles. The number of hydrogen-bond acceptors (Lipinski definition) is 6. The van der Waals surface area contributed by atoms with Gasteiger partial charge >= 0.3 is 0 Å². The Morgan fingerprint density at radius 1 is 1.38 bits per heavy atom. The fourth-order valence-corrected chi connectivity index (χ4v) is 3.20. The van der Waals surface area contributed by atoms with Crippen LogP contribution >= 0.6 is 11.3 Å². The molecule has 1 aliphatic carbocycles. The molecular weight excluding hydrogens is 324 g/mol. The van der Waals surface area contributed by atoms with Gasteiger partial charge in [0.2, 0.25) is 5.89 Å². The minimum atomic E-state index is -0.147. The van der Waals surface area contributed by atoms with E-state index < -0.39 is 0 Å². The van der Waals surface area contributed by atoms with Crippen molar-refractivity contribution in [1.82, 2.24) is 15.1 Å². The summed E-state index contributed by atoms with van der Waals surface area (Å²) in [6.07, 6.45) is 2.78. The number of aryl methyl sites for hydroxylation is 1. The second kappa shape index (κ2) is 6.16. The van der Waals surface area contributed by atoms with Crippen molar-refractivity contribution < 1.29 is 9.32 Å². The lowest BCUT2D eigenvalue weighted by Crippen LogP contribution is -2.13. The second-order valence-electron chi connectivity index (χ2n) is 5.88. The van der Waals surface area contributed by atoms with Crippen LogP contribution in [0.15, 0.2) is 34.3 Å². The lowest BCUT2D eigenvalue weighted by molar-refractivity contribution is 0.102. The standard InChI is InChI=1S/C17H16N4O2S/c1-10-15(24-9-18-10)17(22)19-13-5-3-2-4-12(13)8-14-20-16(21-23-14)11-6-7-11/h2-5,9,11H,6-8H2,1H3,(H,19,22). The van der Waals surface area contributed by atoms with E-state index in [1.54, 1.807) is 5.51 Å². The normalized spacial score (nSPS) is 13.9. The van der Waals surface area contributed by atoms with Crippen molar-refractivity contribution in [2.75, 3.05) is 5.32 Å². The van der Waals surface area contributed by atoms with Gasteiger partial charge in [-0.05, 0) is 31.4 Å². The van der Waals surface area contributed by atoms with Crippen LogP contribution in [0.25, 0.3) is 0 Å². The van der Waals surface area contributed by atoms with Crippen molar-refractivity contribution in [2.45, 2.75) is 32.1 Å². The Morgan fingerprint density at radius 3 is 2.96 bits per heavy atom. The number of hydrogen-bond donors (Lipinski definition) is 1. The summed E-state index contributed by atoms with van der Waals surface area (Å²) in [5.41, 5.74) is 4.11. The molecule has 24 heavy (non-hydrogen) atoms. The van der Waals surface area contributed by atoms with E-state index in [9.17, 15) is 4.79 Å². The molecule has 122 valence electrons. The molecule has 1 N–H and O–H groups in total. The van der Waals surface area contributed by atoms with Gasteiger partial charge in [0.15, 0.2) is 5.82 Å². The van der Waals surface area contributed by atoms with Crippen LogP contribution < -0.4 is 5.32 Å². The van der Waals surface area contributed by atoms with E-state index in [2.05, 4.69) is 20.4 Å². The van der Waals surface area contributed by atoms with Crippen molar-refractivity contribution in [2.24, 2.45) is 0 Å². The van der Waals surface area contributed by atoms with Gasteiger partial charge in [-0.15, -0.1) is 11.3 Å². The van der Waals surface area contributed by atoms with Gasteiger partial charge in [-0.2, -0.15) is 4.98 Å². The fourth-order valence-electron chi connectivity index (χ4n) is 2.51. The SMILES string of the molecule is Cc1ncsc1C(=O)Nc1ccccc1Cc1nc(C2CC2)no1. The summed E-state index contributed by atoms with van der Waals surface area (Å²) in [7, 11) is 0. The van der Waals surface area contributed by atoms with Gasteiger partial charge < -0.3 is 9.84 Å². The Hall–Kier alpha value is -2.54. The van der Waals surface area contributed by atoms with Crippen LogP contribution in [0.4, 0.5) is 5.69 Å². The van der Waals surface area contributed by atoms with Crippen LogP contribution in [0.5, 0.6) is 0 Å². The molecule has 0 atom stereocenters. The van der Waals surface area contributed by atoms with Gasteiger partial charge in [-0.1, -0.05) is 23.4 Å². The summed E-state index contributed by atoms with van der Waals surface area (Å²) < 4.78 is 5.34. The van der Waals surface area contributed by atoms with E-state index >= 15 is 0 Å². The predicted octanol–water partition coefficient (Wildman–Crippen LogP) is 3.56. The molecule has 1 saturated carbocycles. The molecule has 4 rings (SSSR count). The summed E-state index contributed by atoms with van der Waals surface area (Å²) in [4.78, 5) is 21.6. The molecule has 0 bridgehead atoms. The molecule has 0 unspecified atom stereocenters. The van der Waals surface area contributed by atoms with Gasteiger partial charge in [0.25, 0.3) is 5.91 Å².